The Morgan fingerprint density at radius 3 is 2.60 bits per heavy atom. The Balaban J connectivity index is 1.42. The number of thioether (sulfide) groups is 1. The predicted octanol–water partition coefficient (Wildman–Crippen LogP) is 2.97. The smallest absolute Gasteiger partial charge is 0.262 e. The lowest BCUT2D eigenvalue weighted by Gasteiger charge is -2.13. The highest BCUT2D eigenvalue weighted by molar-refractivity contribution is 7.99. The van der Waals surface area contributed by atoms with E-state index in [4.69, 9.17) is 0 Å². The molecule has 0 saturated heterocycles. The predicted molar refractivity (Wildman–Crippen MR) is 128 cm³/mol. The zero-order valence-electron chi connectivity index (χ0n) is 18.2. The van der Waals surface area contributed by atoms with E-state index in [1.165, 1.54) is 10.6 Å². The second-order valence-electron chi connectivity index (χ2n) is 7.41. The van der Waals surface area contributed by atoms with Crippen LogP contribution in [0.4, 0.5) is 14.5 Å². The average Bonchev–Trinajstić information content (AvgIpc) is 2.86. The van der Waals surface area contributed by atoms with E-state index in [2.05, 4.69) is 20.6 Å². The molecule has 0 unspecified atom stereocenters. The molecule has 0 aliphatic carbocycles. The van der Waals surface area contributed by atoms with Gasteiger partial charge in [0.05, 0.1) is 29.7 Å². The van der Waals surface area contributed by atoms with Crippen molar-refractivity contribution in [2.45, 2.75) is 11.7 Å². The highest BCUT2D eigenvalue weighted by Crippen LogP contribution is 2.19. The summed E-state index contributed by atoms with van der Waals surface area (Å²) in [7, 11) is 0. The maximum absolute atomic E-state index is 13.3. The molecule has 2 heterocycles. The Bertz CT molecular complexity index is 1450. The van der Waals surface area contributed by atoms with E-state index in [0.717, 1.165) is 29.5 Å². The van der Waals surface area contributed by atoms with Crippen LogP contribution in [0.15, 0.2) is 76.9 Å². The SMILES string of the molecule is O=C(CSc1nc2ccccc2c(=O)n1Cc1cccnc1)NCC(=O)Nc1ccc(F)c(F)c1. The first-order valence-electron chi connectivity index (χ1n) is 10.4. The summed E-state index contributed by atoms with van der Waals surface area (Å²) in [4.78, 5) is 46.1. The van der Waals surface area contributed by atoms with Crippen molar-refractivity contribution < 1.29 is 18.4 Å². The standard InChI is InChI=1S/C24H19F2N5O3S/c25-18-8-7-16(10-19(18)26)29-21(32)12-28-22(33)14-35-24-30-20-6-2-1-5-17(20)23(34)31(24)13-15-4-3-9-27-11-15/h1-11H,12-14H2,(H,28,33)(H,29,32). The van der Waals surface area contributed by atoms with Crippen LogP contribution in [0, 0.1) is 11.6 Å². The molecule has 0 spiro atoms. The number of nitrogens with zero attached hydrogens (tertiary/aromatic N) is 3. The normalized spacial score (nSPS) is 10.8. The number of benzene rings is 2. The average molecular weight is 496 g/mol. The molecule has 11 heteroatoms. The zero-order valence-corrected chi connectivity index (χ0v) is 19.0. The quantitative estimate of drug-likeness (QED) is 0.288. The van der Waals surface area contributed by atoms with Crippen molar-refractivity contribution in [2.75, 3.05) is 17.6 Å². The Labute approximate surface area is 202 Å². The molecule has 0 bridgehead atoms. The van der Waals surface area contributed by atoms with Crippen LogP contribution in [-0.4, -0.2) is 38.6 Å². The third-order valence-corrected chi connectivity index (χ3v) is 5.85. The van der Waals surface area contributed by atoms with Gasteiger partial charge in [-0.1, -0.05) is 30.0 Å². The molecular weight excluding hydrogens is 476 g/mol. The molecule has 2 amide bonds. The number of rotatable bonds is 8. The van der Waals surface area contributed by atoms with Gasteiger partial charge in [-0.15, -0.1) is 0 Å². The van der Waals surface area contributed by atoms with Crippen molar-refractivity contribution >= 4 is 40.2 Å². The van der Waals surface area contributed by atoms with E-state index in [1.807, 2.05) is 6.07 Å². The van der Waals surface area contributed by atoms with Crippen LogP contribution in [0.2, 0.25) is 0 Å². The molecule has 35 heavy (non-hydrogen) atoms. The van der Waals surface area contributed by atoms with E-state index in [9.17, 15) is 23.2 Å². The number of amides is 2. The maximum Gasteiger partial charge on any atom is 0.262 e. The fraction of sp³-hybridized carbons (Fsp3) is 0.125. The monoisotopic (exact) mass is 495 g/mol. The Morgan fingerprint density at radius 2 is 1.83 bits per heavy atom. The maximum atomic E-state index is 13.3. The number of fused-ring (bicyclic) bond motifs is 1. The van der Waals surface area contributed by atoms with E-state index in [-0.39, 0.29) is 30.1 Å². The van der Waals surface area contributed by atoms with Gasteiger partial charge in [0, 0.05) is 24.1 Å². The van der Waals surface area contributed by atoms with Gasteiger partial charge in [-0.25, -0.2) is 13.8 Å². The molecule has 4 rings (SSSR count). The minimum Gasteiger partial charge on any atom is -0.346 e. The summed E-state index contributed by atoms with van der Waals surface area (Å²) in [6.07, 6.45) is 3.28. The summed E-state index contributed by atoms with van der Waals surface area (Å²) in [5.41, 5.74) is 1.13. The molecule has 0 saturated carbocycles. The van der Waals surface area contributed by atoms with Crippen LogP contribution >= 0.6 is 11.8 Å². The van der Waals surface area contributed by atoms with Crippen molar-refractivity contribution in [1.82, 2.24) is 19.9 Å². The van der Waals surface area contributed by atoms with Gasteiger partial charge < -0.3 is 10.6 Å². The van der Waals surface area contributed by atoms with Crippen molar-refractivity contribution in [3.05, 3.63) is 94.5 Å². The second kappa shape index (κ2) is 10.9. The number of para-hydroxylation sites is 1. The molecule has 2 aromatic carbocycles. The molecule has 0 aliphatic heterocycles. The lowest BCUT2D eigenvalue weighted by atomic mass is 10.2. The van der Waals surface area contributed by atoms with Gasteiger partial charge in [0.1, 0.15) is 0 Å². The first-order valence-corrected chi connectivity index (χ1v) is 11.4. The van der Waals surface area contributed by atoms with Gasteiger partial charge in [-0.3, -0.25) is 23.9 Å². The van der Waals surface area contributed by atoms with Gasteiger partial charge in [-0.2, -0.15) is 0 Å². The number of anilines is 1. The summed E-state index contributed by atoms with van der Waals surface area (Å²) in [5.74, 6) is -3.30. The fourth-order valence-electron chi connectivity index (χ4n) is 3.21. The minimum absolute atomic E-state index is 0.0670. The lowest BCUT2D eigenvalue weighted by Crippen LogP contribution is -2.34. The number of hydrogen-bond acceptors (Lipinski definition) is 6. The Kier molecular flexibility index (Phi) is 7.46. The van der Waals surface area contributed by atoms with Gasteiger partial charge in [0.15, 0.2) is 16.8 Å². The van der Waals surface area contributed by atoms with E-state index in [0.29, 0.717) is 16.1 Å². The van der Waals surface area contributed by atoms with Crippen LogP contribution in [0.5, 0.6) is 0 Å². The second-order valence-corrected chi connectivity index (χ2v) is 8.35. The molecule has 0 radical (unpaired) electrons. The number of carbonyl (C=O) groups is 2. The van der Waals surface area contributed by atoms with Crippen molar-refractivity contribution in [1.29, 1.82) is 0 Å². The molecule has 0 fully saturated rings. The summed E-state index contributed by atoms with van der Waals surface area (Å²) in [5, 5.41) is 5.63. The van der Waals surface area contributed by atoms with E-state index in [1.54, 1.807) is 42.7 Å². The molecule has 2 aromatic heterocycles. The molecule has 0 atom stereocenters. The number of hydrogen-bond donors (Lipinski definition) is 2. The lowest BCUT2D eigenvalue weighted by molar-refractivity contribution is -0.122. The van der Waals surface area contributed by atoms with Crippen LogP contribution in [0.3, 0.4) is 0 Å². The number of aromatic nitrogens is 3. The summed E-state index contributed by atoms with van der Waals surface area (Å²) in [6, 6.07) is 13.5. The van der Waals surface area contributed by atoms with Crippen molar-refractivity contribution in [2.24, 2.45) is 0 Å². The van der Waals surface area contributed by atoms with Gasteiger partial charge in [0.2, 0.25) is 11.8 Å². The van der Waals surface area contributed by atoms with Gasteiger partial charge in [0.25, 0.3) is 5.56 Å². The molecule has 4 aromatic rings. The molecule has 2 N–H and O–H groups in total. The summed E-state index contributed by atoms with van der Waals surface area (Å²) < 4.78 is 27.7. The van der Waals surface area contributed by atoms with Crippen LogP contribution < -0.4 is 16.2 Å². The number of halogens is 2. The van der Waals surface area contributed by atoms with Crippen LogP contribution in [-0.2, 0) is 16.1 Å². The summed E-state index contributed by atoms with van der Waals surface area (Å²) in [6.45, 7) is -0.142. The zero-order chi connectivity index (χ0) is 24.8. The Hall–Kier alpha value is -4.12. The number of nitrogens with one attached hydrogen (secondary N) is 2. The van der Waals surface area contributed by atoms with Gasteiger partial charge in [-0.05, 0) is 35.9 Å². The van der Waals surface area contributed by atoms with Crippen molar-refractivity contribution in [3.8, 4) is 0 Å². The minimum atomic E-state index is -1.09. The topological polar surface area (TPSA) is 106 Å². The number of carbonyl (C=O) groups excluding carboxylic acids is 2. The Morgan fingerprint density at radius 1 is 1.00 bits per heavy atom. The molecule has 8 nitrogen and oxygen atoms in total. The highest BCUT2D eigenvalue weighted by atomic mass is 32.2. The van der Waals surface area contributed by atoms with Crippen molar-refractivity contribution in [3.63, 3.8) is 0 Å². The van der Waals surface area contributed by atoms with Gasteiger partial charge >= 0.3 is 0 Å². The fourth-order valence-corrected chi connectivity index (χ4v) is 4.04. The van der Waals surface area contributed by atoms with Crippen LogP contribution in [0.1, 0.15) is 5.56 Å². The van der Waals surface area contributed by atoms with E-state index >= 15 is 0 Å². The number of pyridine rings is 1. The molecular formula is C24H19F2N5O3S. The van der Waals surface area contributed by atoms with Crippen LogP contribution in [0.25, 0.3) is 10.9 Å². The first kappa shape index (κ1) is 24.0. The summed E-state index contributed by atoms with van der Waals surface area (Å²) >= 11 is 1.06. The highest BCUT2D eigenvalue weighted by Gasteiger charge is 2.15. The molecule has 178 valence electrons. The molecule has 0 aliphatic rings. The third kappa shape index (κ3) is 6.07. The van der Waals surface area contributed by atoms with E-state index < -0.39 is 23.4 Å². The largest absolute Gasteiger partial charge is 0.346 e. The third-order valence-electron chi connectivity index (χ3n) is 4.87. The first-order chi connectivity index (χ1) is 16.9.